The zero-order valence-electron chi connectivity index (χ0n) is 10.5. The number of nitrogens with zero attached hydrogens (tertiary/aromatic N) is 1. The molecule has 1 aliphatic carbocycles. The first-order valence-corrected chi connectivity index (χ1v) is 6.87. The second-order valence-corrected chi connectivity index (χ2v) is 5.46. The molecule has 0 aromatic rings. The van der Waals surface area contributed by atoms with Gasteiger partial charge in [0.25, 0.3) is 0 Å². The topological polar surface area (TPSA) is 66.6 Å². The van der Waals surface area contributed by atoms with E-state index in [1.54, 1.807) is 0 Å². The van der Waals surface area contributed by atoms with Crippen molar-refractivity contribution in [1.29, 1.82) is 0 Å². The molecule has 1 atom stereocenters. The average molecular weight is 240 g/mol. The predicted octanol–water partition coefficient (Wildman–Crippen LogP) is 0.735. The van der Waals surface area contributed by atoms with Gasteiger partial charge in [-0.15, -0.1) is 0 Å². The van der Waals surface area contributed by atoms with Gasteiger partial charge in [0, 0.05) is 12.5 Å². The Bertz CT molecular complexity index is 262. The zero-order chi connectivity index (χ0) is 12.3. The van der Waals surface area contributed by atoms with Gasteiger partial charge in [0.15, 0.2) is 0 Å². The maximum atomic E-state index is 12.3. The van der Waals surface area contributed by atoms with Crippen LogP contribution in [0, 0.1) is 11.8 Å². The van der Waals surface area contributed by atoms with Crippen molar-refractivity contribution < 1.29 is 9.90 Å². The number of carbonyl (C=O) groups is 1. The molecule has 0 spiro atoms. The second kappa shape index (κ2) is 5.83. The van der Waals surface area contributed by atoms with Crippen molar-refractivity contribution in [3.8, 4) is 0 Å². The molecule has 0 aromatic carbocycles. The van der Waals surface area contributed by atoms with Crippen LogP contribution in [0.4, 0.5) is 0 Å². The normalized spacial score (nSPS) is 34.0. The summed E-state index contributed by atoms with van der Waals surface area (Å²) in [7, 11) is 0. The van der Waals surface area contributed by atoms with Crippen molar-refractivity contribution >= 4 is 5.91 Å². The zero-order valence-corrected chi connectivity index (χ0v) is 10.5. The van der Waals surface area contributed by atoms with E-state index in [4.69, 9.17) is 5.73 Å². The highest BCUT2D eigenvalue weighted by molar-refractivity contribution is 5.79. The summed E-state index contributed by atoms with van der Waals surface area (Å²) >= 11 is 0. The first kappa shape index (κ1) is 12.8. The molecule has 1 amide bonds. The molecule has 2 fully saturated rings. The number of aliphatic hydroxyl groups excluding tert-OH is 1. The van der Waals surface area contributed by atoms with Crippen molar-refractivity contribution in [2.75, 3.05) is 19.7 Å². The van der Waals surface area contributed by atoms with E-state index in [0.29, 0.717) is 5.92 Å². The molecule has 17 heavy (non-hydrogen) atoms. The molecular formula is C13H24N2O2. The number of amides is 1. The molecule has 3 N–H and O–H groups in total. The summed E-state index contributed by atoms with van der Waals surface area (Å²) in [5.74, 6) is 1.08. The fraction of sp³-hybridized carbons (Fsp3) is 0.923. The van der Waals surface area contributed by atoms with Crippen LogP contribution in [-0.4, -0.2) is 41.7 Å². The molecule has 2 aliphatic rings. The van der Waals surface area contributed by atoms with E-state index in [-0.39, 0.29) is 24.5 Å². The van der Waals surface area contributed by atoms with E-state index in [1.807, 2.05) is 4.90 Å². The van der Waals surface area contributed by atoms with Gasteiger partial charge in [-0.3, -0.25) is 4.79 Å². The molecule has 1 aliphatic heterocycles. The van der Waals surface area contributed by atoms with E-state index in [1.165, 1.54) is 0 Å². The summed E-state index contributed by atoms with van der Waals surface area (Å²) in [5, 5.41) is 9.25. The first-order chi connectivity index (χ1) is 8.26. The molecule has 4 heteroatoms. The van der Waals surface area contributed by atoms with Crippen LogP contribution >= 0.6 is 0 Å². The van der Waals surface area contributed by atoms with Gasteiger partial charge < -0.3 is 15.7 Å². The van der Waals surface area contributed by atoms with Crippen LogP contribution in [0.2, 0.25) is 0 Å². The number of carbonyl (C=O) groups excluding carboxylic acids is 1. The Morgan fingerprint density at radius 3 is 2.53 bits per heavy atom. The van der Waals surface area contributed by atoms with Crippen LogP contribution in [0.1, 0.15) is 38.5 Å². The van der Waals surface area contributed by atoms with Gasteiger partial charge in [-0.2, -0.15) is 0 Å². The summed E-state index contributed by atoms with van der Waals surface area (Å²) < 4.78 is 0. The van der Waals surface area contributed by atoms with E-state index in [9.17, 15) is 9.90 Å². The van der Waals surface area contributed by atoms with Crippen LogP contribution in [0.5, 0.6) is 0 Å². The van der Waals surface area contributed by atoms with Gasteiger partial charge in [0.05, 0.1) is 12.6 Å². The Labute approximate surface area is 103 Å². The van der Waals surface area contributed by atoms with Gasteiger partial charge in [-0.25, -0.2) is 0 Å². The van der Waals surface area contributed by atoms with Crippen LogP contribution in [-0.2, 0) is 4.79 Å². The molecule has 2 rings (SSSR count). The SMILES string of the molecule is NCC1CCC(C(=O)N2CCCC2CO)CC1. The maximum absolute atomic E-state index is 12.3. The summed E-state index contributed by atoms with van der Waals surface area (Å²) in [5.41, 5.74) is 5.66. The summed E-state index contributed by atoms with van der Waals surface area (Å²) in [6.07, 6.45) is 6.13. The number of likely N-dealkylation sites (tertiary alicyclic amines) is 1. The predicted molar refractivity (Wildman–Crippen MR) is 66.3 cm³/mol. The smallest absolute Gasteiger partial charge is 0.226 e. The molecule has 0 bridgehead atoms. The van der Waals surface area contributed by atoms with Gasteiger partial charge in [0.2, 0.25) is 5.91 Å². The van der Waals surface area contributed by atoms with E-state index >= 15 is 0 Å². The molecule has 1 heterocycles. The largest absolute Gasteiger partial charge is 0.394 e. The Morgan fingerprint density at radius 1 is 1.24 bits per heavy atom. The molecule has 4 nitrogen and oxygen atoms in total. The van der Waals surface area contributed by atoms with Crippen LogP contribution in [0.3, 0.4) is 0 Å². The molecule has 0 aromatic heterocycles. The molecule has 1 saturated carbocycles. The minimum atomic E-state index is 0.0785. The van der Waals surface area contributed by atoms with Crippen LogP contribution in [0.15, 0.2) is 0 Å². The summed E-state index contributed by atoms with van der Waals surface area (Å²) in [6, 6.07) is 0.0785. The summed E-state index contributed by atoms with van der Waals surface area (Å²) in [4.78, 5) is 14.3. The first-order valence-electron chi connectivity index (χ1n) is 6.87. The minimum absolute atomic E-state index is 0.0785. The third kappa shape index (κ3) is 2.80. The third-order valence-electron chi connectivity index (χ3n) is 4.40. The minimum Gasteiger partial charge on any atom is -0.394 e. The van der Waals surface area contributed by atoms with Crippen molar-refractivity contribution in [3.63, 3.8) is 0 Å². The number of rotatable bonds is 3. The monoisotopic (exact) mass is 240 g/mol. The van der Waals surface area contributed by atoms with Gasteiger partial charge >= 0.3 is 0 Å². The van der Waals surface area contributed by atoms with E-state index < -0.39 is 0 Å². The van der Waals surface area contributed by atoms with Gasteiger partial charge in [-0.05, 0) is 51.0 Å². The number of aliphatic hydroxyl groups is 1. The second-order valence-electron chi connectivity index (χ2n) is 5.46. The number of hydrogen-bond acceptors (Lipinski definition) is 3. The average Bonchev–Trinajstić information content (AvgIpc) is 2.86. The van der Waals surface area contributed by atoms with Crippen molar-refractivity contribution in [1.82, 2.24) is 4.90 Å². The quantitative estimate of drug-likeness (QED) is 0.764. The highest BCUT2D eigenvalue weighted by Crippen LogP contribution is 2.31. The number of hydrogen-bond donors (Lipinski definition) is 2. The number of nitrogens with two attached hydrogens (primary N) is 1. The van der Waals surface area contributed by atoms with Crippen molar-refractivity contribution in [2.45, 2.75) is 44.6 Å². The standard InChI is InChI=1S/C13H24N2O2/c14-8-10-3-5-11(6-4-10)13(17)15-7-1-2-12(15)9-16/h10-12,16H,1-9,14H2. The lowest BCUT2D eigenvalue weighted by atomic mass is 9.81. The van der Waals surface area contributed by atoms with Crippen LogP contribution in [0.25, 0.3) is 0 Å². The molecular weight excluding hydrogens is 216 g/mol. The highest BCUT2D eigenvalue weighted by atomic mass is 16.3. The van der Waals surface area contributed by atoms with E-state index in [0.717, 1.165) is 51.6 Å². The highest BCUT2D eigenvalue weighted by Gasteiger charge is 2.34. The summed E-state index contributed by atoms with van der Waals surface area (Å²) in [6.45, 7) is 1.70. The fourth-order valence-corrected chi connectivity index (χ4v) is 3.20. The van der Waals surface area contributed by atoms with Gasteiger partial charge in [-0.1, -0.05) is 0 Å². The lowest BCUT2D eigenvalue weighted by Crippen LogP contribution is -2.42. The lowest BCUT2D eigenvalue weighted by Gasteiger charge is -2.32. The Morgan fingerprint density at radius 2 is 1.94 bits per heavy atom. The molecule has 0 radical (unpaired) electrons. The van der Waals surface area contributed by atoms with Crippen molar-refractivity contribution in [3.05, 3.63) is 0 Å². The Balaban J connectivity index is 1.88. The van der Waals surface area contributed by atoms with Crippen molar-refractivity contribution in [2.24, 2.45) is 17.6 Å². The van der Waals surface area contributed by atoms with Crippen LogP contribution < -0.4 is 5.73 Å². The molecule has 1 saturated heterocycles. The van der Waals surface area contributed by atoms with E-state index in [2.05, 4.69) is 0 Å². The maximum Gasteiger partial charge on any atom is 0.226 e. The van der Waals surface area contributed by atoms with Gasteiger partial charge in [0.1, 0.15) is 0 Å². The Hall–Kier alpha value is -0.610. The Kier molecular flexibility index (Phi) is 4.40. The molecule has 98 valence electrons. The molecule has 1 unspecified atom stereocenters. The third-order valence-corrected chi connectivity index (χ3v) is 4.40. The fourth-order valence-electron chi connectivity index (χ4n) is 3.20. The lowest BCUT2D eigenvalue weighted by molar-refractivity contribution is -0.138.